The number of hydrogen-bond acceptors (Lipinski definition) is 4. The minimum atomic E-state index is -0.396. The van der Waals surface area contributed by atoms with Crippen molar-refractivity contribution in [3.63, 3.8) is 0 Å². The lowest BCUT2D eigenvalue weighted by Gasteiger charge is -2.13. The Labute approximate surface area is 137 Å². The molecule has 2 amide bonds. The molecule has 1 aromatic carbocycles. The van der Waals surface area contributed by atoms with E-state index in [4.69, 9.17) is 0 Å². The number of rotatable bonds is 3. The third-order valence-corrected chi connectivity index (χ3v) is 4.73. The molecular weight excluding hydrogens is 317 g/mol. The van der Waals surface area contributed by atoms with Gasteiger partial charge in [0.2, 0.25) is 0 Å². The van der Waals surface area contributed by atoms with E-state index in [-0.39, 0.29) is 17.4 Å². The van der Waals surface area contributed by atoms with Gasteiger partial charge in [-0.15, -0.1) is 11.3 Å². The summed E-state index contributed by atoms with van der Waals surface area (Å²) in [5, 5.41) is 2.09. The van der Waals surface area contributed by atoms with Gasteiger partial charge in [0, 0.05) is 24.5 Å². The van der Waals surface area contributed by atoms with Crippen LogP contribution < -0.4 is 4.90 Å². The van der Waals surface area contributed by atoms with Gasteiger partial charge in [-0.05, 0) is 38.1 Å². The molecular formula is C16H16FN3O2S. The molecule has 0 bridgehead atoms. The number of nitrogens with zero attached hydrogens (tertiary/aromatic N) is 3. The highest BCUT2D eigenvalue weighted by molar-refractivity contribution is 7.14. The van der Waals surface area contributed by atoms with Gasteiger partial charge in [0.25, 0.3) is 11.8 Å². The summed E-state index contributed by atoms with van der Waals surface area (Å²) < 4.78 is 12.9. The summed E-state index contributed by atoms with van der Waals surface area (Å²) in [4.78, 5) is 32.0. The standard InChI is InChI=1S/C16H16FN3O2S/c1-16(2)9-20(16)14(22)12-8-23-15(18-12)19(3)13(21)10-4-6-11(17)7-5-10/h4-8H,9H2,1-3H3. The minimum Gasteiger partial charge on any atom is -0.328 e. The molecule has 23 heavy (non-hydrogen) atoms. The van der Waals surface area contributed by atoms with Crippen LogP contribution in [0.3, 0.4) is 0 Å². The Balaban J connectivity index is 1.76. The third kappa shape index (κ3) is 2.96. The van der Waals surface area contributed by atoms with Gasteiger partial charge in [-0.3, -0.25) is 14.5 Å². The molecule has 0 atom stereocenters. The zero-order valence-electron chi connectivity index (χ0n) is 13.0. The molecule has 0 spiro atoms. The number of hydrogen-bond donors (Lipinski definition) is 0. The normalized spacial score (nSPS) is 15.4. The van der Waals surface area contributed by atoms with E-state index in [9.17, 15) is 14.0 Å². The summed E-state index contributed by atoms with van der Waals surface area (Å²) in [6.45, 7) is 4.69. The van der Waals surface area contributed by atoms with Gasteiger partial charge in [-0.1, -0.05) is 0 Å². The van der Waals surface area contributed by atoms with Crippen molar-refractivity contribution in [3.05, 3.63) is 46.7 Å². The second kappa shape index (κ2) is 5.42. The Hall–Kier alpha value is -2.28. The van der Waals surface area contributed by atoms with E-state index in [0.717, 1.165) is 0 Å². The van der Waals surface area contributed by atoms with Crippen LogP contribution in [0.5, 0.6) is 0 Å². The monoisotopic (exact) mass is 333 g/mol. The number of thiazole rings is 1. The number of benzene rings is 1. The topological polar surface area (TPSA) is 53.3 Å². The van der Waals surface area contributed by atoms with Gasteiger partial charge in [0.15, 0.2) is 5.13 Å². The molecule has 120 valence electrons. The summed E-state index contributed by atoms with van der Waals surface area (Å²) in [6.07, 6.45) is 0. The number of aromatic nitrogens is 1. The number of amides is 2. The van der Waals surface area contributed by atoms with Gasteiger partial charge in [-0.25, -0.2) is 9.37 Å². The maximum absolute atomic E-state index is 12.9. The van der Waals surface area contributed by atoms with E-state index >= 15 is 0 Å². The predicted octanol–water partition coefficient (Wildman–Crippen LogP) is 2.79. The van der Waals surface area contributed by atoms with E-state index in [1.807, 2.05) is 13.8 Å². The van der Waals surface area contributed by atoms with Gasteiger partial charge in [-0.2, -0.15) is 0 Å². The van der Waals surface area contributed by atoms with Crippen LogP contribution in [-0.2, 0) is 0 Å². The first-order valence-corrected chi connectivity index (χ1v) is 7.99. The highest BCUT2D eigenvalue weighted by Crippen LogP contribution is 2.33. The first-order valence-electron chi connectivity index (χ1n) is 7.11. The molecule has 0 N–H and O–H groups in total. The lowest BCUT2D eigenvalue weighted by Crippen LogP contribution is -2.26. The van der Waals surface area contributed by atoms with Crippen molar-refractivity contribution in [2.24, 2.45) is 0 Å². The summed E-state index contributed by atoms with van der Waals surface area (Å²) in [7, 11) is 1.58. The summed E-state index contributed by atoms with van der Waals surface area (Å²) in [5.41, 5.74) is 0.592. The molecule has 0 unspecified atom stereocenters. The maximum Gasteiger partial charge on any atom is 0.273 e. The van der Waals surface area contributed by atoms with Gasteiger partial charge >= 0.3 is 0 Å². The second-order valence-electron chi connectivity index (χ2n) is 6.09. The van der Waals surface area contributed by atoms with Crippen LogP contribution >= 0.6 is 11.3 Å². The average molecular weight is 333 g/mol. The van der Waals surface area contributed by atoms with Crippen molar-refractivity contribution in [1.29, 1.82) is 0 Å². The quantitative estimate of drug-likeness (QED) is 0.812. The zero-order chi connectivity index (χ0) is 16.8. The fourth-order valence-electron chi connectivity index (χ4n) is 2.23. The summed E-state index contributed by atoms with van der Waals surface area (Å²) in [5.74, 6) is -0.821. The lowest BCUT2D eigenvalue weighted by molar-refractivity contribution is 0.0855. The first kappa shape index (κ1) is 15.6. The van der Waals surface area contributed by atoms with Crippen molar-refractivity contribution >= 4 is 28.3 Å². The van der Waals surface area contributed by atoms with Crippen LogP contribution in [0, 0.1) is 5.82 Å². The van der Waals surface area contributed by atoms with E-state index in [2.05, 4.69) is 4.98 Å². The van der Waals surface area contributed by atoms with Crippen molar-refractivity contribution < 1.29 is 14.0 Å². The number of halogens is 1. The highest BCUT2D eigenvalue weighted by Gasteiger charge is 2.47. The van der Waals surface area contributed by atoms with E-state index in [1.54, 1.807) is 17.3 Å². The van der Waals surface area contributed by atoms with Crippen LogP contribution in [0.2, 0.25) is 0 Å². The Morgan fingerprint density at radius 1 is 1.30 bits per heavy atom. The van der Waals surface area contributed by atoms with Crippen molar-refractivity contribution in [2.75, 3.05) is 18.5 Å². The first-order chi connectivity index (χ1) is 10.8. The van der Waals surface area contributed by atoms with Gasteiger partial charge in [0.05, 0.1) is 5.54 Å². The van der Waals surface area contributed by atoms with Crippen molar-refractivity contribution in [3.8, 4) is 0 Å². The number of carbonyl (C=O) groups excluding carboxylic acids is 2. The van der Waals surface area contributed by atoms with Gasteiger partial charge < -0.3 is 4.90 Å². The molecule has 7 heteroatoms. The molecule has 1 saturated heterocycles. The van der Waals surface area contributed by atoms with Crippen molar-refractivity contribution in [2.45, 2.75) is 19.4 Å². The predicted molar refractivity (Wildman–Crippen MR) is 86.4 cm³/mol. The molecule has 2 aromatic rings. The van der Waals surface area contributed by atoms with E-state index < -0.39 is 5.82 Å². The molecule has 1 aromatic heterocycles. The molecule has 3 rings (SSSR count). The smallest absolute Gasteiger partial charge is 0.273 e. The third-order valence-electron chi connectivity index (χ3n) is 3.81. The summed E-state index contributed by atoms with van der Waals surface area (Å²) in [6, 6.07) is 5.32. The fraction of sp³-hybridized carbons (Fsp3) is 0.312. The van der Waals surface area contributed by atoms with Crippen LogP contribution in [-0.4, -0.2) is 40.8 Å². The molecule has 0 radical (unpaired) electrons. The second-order valence-corrected chi connectivity index (χ2v) is 6.93. The number of carbonyl (C=O) groups is 2. The molecule has 1 aliphatic rings. The minimum absolute atomic E-state index is 0.114. The largest absolute Gasteiger partial charge is 0.328 e. The Kier molecular flexibility index (Phi) is 3.68. The van der Waals surface area contributed by atoms with Crippen LogP contribution in [0.1, 0.15) is 34.7 Å². The van der Waals surface area contributed by atoms with Crippen LogP contribution in [0.15, 0.2) is 29.6 Å². The Morgan fingerprint density at radius 2 is 1.91 bits per heavy atom. The van der Waals surface area contributed by atoms with Crippen molar-refractivity contribution in [1.82, 2.24) is 9.88 Å². The summed E-state index contributed by atoms with van der Waals surface area (Å²) >= 11 is 1.23. The van der Waals surface area contributed by atoms with Gasteiger partial charge in [0.1, 0.15) is 11.5 Å². The lowest BCUT2D eigenvalue weighted by atomic mass is 10.2. The fourth-order valence-corrected chi connectivity index (χ4v) is 2.99. The Bertz CT molecular complexity index is 770. The SMILES string of the molecule is CN(C(=O)c1ccc(F)cc1)c1nc(C(=O)N2CC2(C)C)cs1. The van der Waals surface area contributed by atoms with E-state index in [1.165, 1.54) is 40.5 Å². The van der Waals surface area contributed by atoms with Crippen LogP contribution in [0.4, 0.5) is 9.52 Å². The molecule has 2 heterocycles. The highest BCUT2D eigenvalue weighted by atomic mass is 32.1. The molecule has 0 saturated carbocycles. The Morgan fingerprint density at radius 3 is 2.48 bits per heavy atom. The maximum atomic E-state index is 12.9. The molecule has 5 nitrogen and oxygen atoms in total. The molecule has 0 aliphatic carbocycles. The molecule has 1 fully saturated rings. The number of anilines is 1. The van der Waals surface area contributed by atoms with E-state index in [0.29, 0.717) is 22.9 Å². The zero-order valence-corrected chi connectivity index (χ0v) is 13.9. The average Bonchev–Trinajstić information content (AvgIpc) is 2.95. The molecule has 1 aliphatic heterocycles. The van der Waals surface area contributed by atoms with Crippen LogP contribution in [0.25, 0.3) is 0 Å².